The van der Waals surface area contributed by atoms with E-state index in [4.69, 9.17) is 0 Å². The maximum atomic E-state index is 4.49. The fourth-order valence-electron chi connectivity index (χ4n) is 1.95. The first-order chi connectivity index (χ1) is 11.7. The Bertz CT molecular complexity index is 739. The molecule has 0 amide bonds. The first-order valence-electron chi connectivity index (χ1n) is 8.00. The second-order valence-corrected chi connectivity index (χ2v) is 7.57. The Morgan fingerprint density at radius 3 is 1.29 bits per heavy atom. The molecule has 0 aliphatic heterocycles. The minimum absolute atomic E-state index is 0.942. The summed E-state index contributed by atoms with van der Waals surface area (Å²) in [6, 6.07) is 16.3. The monoisotopic (exact) mass is 354 g/mol. The van der Waals surface area contributed by atoms with Crippen LogP contribution in [-0.4, -0.2) is 12.4 Å². The van der Waals surface area contributed by atoms with Crippen LogP contribution in [0.1, 0.15) is 33.4 Å². The molecule has 24 heavy (non-hydrogen) atoms. The second-order valence-electron chi connectivity index (χ2n) is 4.93. The van der Waals surface area contributed by atoms with Crippen LogP contribution in [0.15, 0.2) is 58.5 Å². The van der Waals surface area contributed by atoms with Crippen LogP contribution < -0.4 is 0 Å². The molecule has 3 rings (SSSR count). The number of benzene rings is 1. The topological polar surface area (TPSA) is 24.7 Å². The van der Waals surface area contributed by atoms with Gasteiger partial charge in [-0.15, -0.1) is 22.7 Å². The highest BCUT2D eigenvalue weighted by Crippen LogP contribution is 2.20. The van der Waals surface area contributed by atoms with Crippen molar-refractivity contribution in [1.29, 1.82) is 0 Å². The minimum atomic E-state index is 0.942. The molecule has 0 fully saturated rings. The summed E-state index contributed by atoms with van der Waals surface area (Å²) < 4.78 is 0. The lowest BCUT2D eigenvalue weighted by Crippen LogP contribution is -1.73. The Morgan fingerprint density at radius 1 is 0.625 bits per heavy atom. The van der Waals surface area contributed by atoms with E-state index in [1.807, 2.05) is 50.5 Å². The zero-order valence-electron chi connectivity index (χ0n) is 14.5. The summed E-state index contributed by atoms with van der Waals surface area (Å²) in [5.41, 5.74) is 1.88. The summed E-state index contributed by atoms with van der Waals surface area (Å²) in [5, 5.41) is 0. The van der Waals surface area contributed by atoms with E-state index in [1.54, 1.807) is 22.7 Å². The molecule has 2 nitrogen and oxygen atoms in total. The van der Waals surface area contributed by atoms with Gasteiger partial charge in [0.05, 0.1) is 11.4 Å². The number of thiophene rings is 2. The quantitative estimate of drug-likeness (QED) is 0.453. The Hall–Kier alpha value is -2.04. The molecule has 0 N–H and O–H groups in total. The lowest BCUT2D eigenvalue weighted by molar-refractivity contribution is 1.49. The largest absolute Gasteiger partial charge is 0.255 e. The van der Waals surface area contributed by atoms with Crippen LogP contribution in [0.2, 0.25) is 0 Å². The number of aliphatic imine (C=N–C) groups is 2. The molecule has 4 heteroatoms. The van der Waals surface area contributed by atoms with Crippen molar-refractivity contribution < 1.29 is 0 Å². The summed E-state index contributed by atoms with van der Waals surface area (Å²) in [6.45, 7) is 8.20. The van der Waals surface area contributed by atoms with Crippen LogP contribution in [0.5, 0.6) is 0 Å². The molecule has 0 unspecified atom stereocenters. The summed E-state index contributed by atoms with van der Waals surface area (Å²) in [5.74, 6) is 0. The highest BCUT2D eigenvalue weighted by atomic mass is 32.1. The minimum Gasteiger partial charge on any atom is -0.255 e. The molecular formula is C20H22N2S2. The molecule has 0 aliphatic carbocycles. The Morgan fingerprint density at radius 2 is 1.00 bits per heavy atom. The summed E-state index contributed by atoms with van der Waals surface area (Å²) in [6.07, 6.45) is 3.81. The van der Waals surface area contributed by atoms with E-state index in [0.717, 1.165) is 11.4 Å². The van der Waals surface area contributed by atoms with Gasteiger partial charge in [-0.2, -0.15) is 0 Å². The highest BCUT2D eigenvalue weighted by molar-refractivity contribution is 7.13. The predicted octanol–water partition coefficient (Wildman–Crippen LogP) is 6.95. The Balaban J connectivity index is 0.00000100. The van der Waals surface area contributed by atoms with Gasteiger partial charge in [-0.3, -0.25) is 9.98 Å². The maximum absolute atomic E-state index is 4.49. The van der Waals surface area contributed by atoms with Crippen molar-refractivity contribution in [3.05, 3.63) is 68.0 Å². The third kappa shape index (κ3) is 5.55. The van der Waals surface area contributed by atoms with Gasteiger partial charge in [0.25, 0.3) is 0 Å². The van der Waals surface area contributed by atoms with Gasteiger partial charge in [0.15, 0.2) is 0 Å². The van der Waals surface area contributed by atoms with E-state index in [0.29, 0.717) is 0 Å². The standard InChI is InChI=1S/C18H16N2S2.C2H6/c1-13-3-9-17(21-13)11-19-15-5-7-16(8-6-15)20-12-18-10-4-14(2)22-18;1-2/h3-12H,1-2H3;1-2H3. The fourth-order valence-corrected chi connectivity index (χ4v) is 3.45. The van der Waals surface area contributed by atoms with Crippen LogP contribution in [0.4, 0.5) is 11.4 Å². The molecule has 0 saturated carbocycles. The lowest BCUT2D eigenvalue weighted by atomic mass is 10.3. The summed E-state index contributed by atoms with van der Waals surface area (Å²) in [7, 11) is 0. The third-order valence-corrected chi connectivity index (χ3v) is 4.92. The van der Waals surface area contributed by atoms with Crippen molar-refractivity contribution in [2.75, 3.05) is 0 Å². The van der Waals surface area contributed by atoms with Crippen molar-refractivity contribution in [1.82, 2.24) is 0 Å². The van der Waals surface area contributed by atoms with Gasteiger partial charge >= 0.3 is 0 Å². The first kappa shape index (κ1) is 18.3. The highest BCUT2D eigenvalue weighted by Gasteiger charge is 1.95. The van der Waals surface area contributed by atoms with Crippen molar-refractivity contribution >= 4 is 46.5 Å². The normalized spacial score (nSPS) is 11.0. The van der Waals surface area contributed by atoms with Gasteiger partial charge in [0, 0.05) is 31.9 Å². The van der Waals surface area contributed by atoms with Gasteiger partial charge in [-0.05, 0) is 62.4 Å². The van der Waals surface area contributed by atoms with Crippen molar-refractivity contribution in [3.8, 4) is 0 Å². The second kappa shape index (κ2) is 9.30. The molecule has 3 aromatic rings. The van der Waals surface area contributed by atoms with Gasteiger partial charge in [0.1, 0.15) is 0 Å². The molecule has 0 radical (unpaired) electrons. The average molecular weight is 355 g/mol. The van der Waals surface area contributed by atoms with Crippen molar-refractivity contribution in [3.63, 3.8) is 0 Å². The predicted molar refractivity (Wildman–Crippen MR) is 110 cm³/mol. The van der Waals surface area contributed by atoms with Gasteiger partial charge in [-0.25, -0.2) is 0 Å². The van der Waals surface area contributed by atoms with Crippen LogP contribution in [-0.2, 0) is 0 Å². The zero-order chi connectivity index (χ0) is 17.4. The van der Waals surface area contributed by atoms with Crippen LogP contribution >= 0.6 is 22.7 Å². The zero-order valence-corrected chi connectivity index (χ0v) is 16.1. The summed E-state index contributed by atoms with van der Waals surface area (Å²) in [4.78, 5) is 13.9. The van der Waals surface area contributed by atoms with E-state index in [-0.39, 0.29) is 0 Å². The van der Waals surface area contributed by atoms with E-state index in [1.165, 1.54) is 19.5 Å². The van der Waals surface area contributed by atoms with Gasteiger partial charge in [0.2, 0.25) is 0 Å². The molecule has 0 bridgehead atoms. The van der Waals surface area contributed by atoms with E-state index >= 15 is 0 Å². The van der Waals surface area contributed by atoms with E-state index < -0.39 is 0 Å². The molecule has 0 aliphatic rings. The SMILES string of the molecule is CC.Cc1ccc(C=Nc2ccc(N=Cc3ccc(C)s3)cc2)s1. The number of aryl methyl sites for hydroxylation is 2. The first-order valence-corrected chi connectivity index (χ1v) is 9.63. The lowest BCUT2D eigenvalue weighted by Gasteiger charge is -1.95. The Kier molecular flexibility index (Phi) is 7.09. The number of hydrogen-bond acceptors (Lipinski definition) is 4. The van der Waals surface area contributed by atoms with Gasteiger partial charge in [-0.1, -0.05) is 13.8 Å². The van der Waals surface area contributed by atoms with Crippen LogP contribution in [0.3, 0.4) is 0 Å². The third-order valence-electron chi connectivity index (χ3n) is 3.05. The van der Waals surface area contributed by atoms with Crippen LogP contribution in [0, 0.1) is 13.8 Å². The van der Waals surface area contributed by atoms with E-state index in [9.17, 15) is 0 Å². The summed E-state index contributed by atoms with van der Waals surface area (Å²) >= 11 is 3.49. The average Bonchev–Trinajstić information content (AvgIpc) is 3.22. The smallest absolute Gasteiger partial charge is 0.0631 e. The molecule has 0 atom stereocenters. The molecule has 2 aromatic heterocycles. The number of hydrogen-bond donors (Lipinski definition) is 0. The van der Waals surface area contributed by atoms with Crippen molar-refractivity contribution in [2.45, 2.75) is 27.7 Å². The molecule has 1 aromatic carbocycles. The van der Waals surface area contributed by atoms with Crippen LogP contribution in [0.25, 0.3) is 0 Å². The maximum Gasteiger partial charge on any atom is 0.0631 e. The Labute approximate surface area is 152 Å². The fraction of sp³-hybridized carbons (Fsp3) is 0.200. The van der Waals surface area contributed by atoms with E-state index in [2.05, 4.69) is 48.1 Å². The molecular weight excluding hydrogens is 332 g/mol. The molecule has 0 spiro atoms. The molecule has 2 heterocycles. The van der Waals surface area contributed by atoms with Crippen molar-refractivity contribution in [2.24, 2.45) is 9.98 Å². The number of nitrogens with zero attached hydrogens (tertiary/aromatic N) is 2. The molecule has 0 saturated heterocycles. The number of rotatable bonds is 4. The van der Waals surface area contributed by atoms with Gasteiger partial charge < -0.3 is 0 Å². The molecule has 124 valence electrons.